The second-order valence-electron chi connectivity index (χ2n) is 9.03. The van der Waals surface area contributed by atoms with Crippen LogP contribution in [0.25, 0.3) is 0 Å². The summed E-state index contributed by atoms with van der Waals surface area (Å²) in [5, 5.41) is 18.6. The van der Waals surface area contributed by atoms with E-state index in [-0.39, 0.29) is 0 Å². The molecule has 0 amide bonds. The molecule has 3 heterocycles. The van der Waals surface area contributed by atoms with E-state index in [9.17, 15) is 13.2 Å². The van der Waals surface area contributed by atoms with Crippen LogP contribution in [0, 0.1) is 19.8 Å². The average molecular weight is 583 g/mol. The summed E-state index contributed by atoms with van der Waals surface area (Å²) in [6.45, 7) is 6.57. The fourth-order valence-corrected chi connectivity index (χ4v) is 4.03. The van der Waals surface area contributed by atoms with Gasteiger partial charge in [-0.3, -0.25) is 0 Å². The van der Waals surface area contributed by atoms with Gasteiger partial charge in [0, 0.05) is 49.3 Å². The lowest BCUT2D eigenvalue weighted by molar-refractivity contribution is -0.192. The molecule has 0 bridgehead atoms. The molecule has 0 radical (unpaired) electrons. The molecule has 3 N–H and O–H groups in total. The first-order chi connectivity index (χ1) is 19.5. The molecule has 15 heteroatoms. The van der Waals surface area contributed by atoms with E-state index >= 15 is 0 Å². The van der Waals surface area contributed by atoms with Gasteiger partial charge >= 0.3 is 12.1 Å². The summed E-state index contributed by atoms with van der Waals surface area (Å²) in [7, 11) is 4.73. The Morgan fingerprint density at radius 2 is 1.71 bits per heavy atom. The molecule has 0 aliphatic carbocycles. The summed E-state index contributed by atoms with van der Waals surface area (Å²) < 4.78 is 55.6. The van der Waals surface area contributed by atoms with Crippen LogP contribution in [-0.4, -0.2) is 71.5 Å². The highest BCUT2D eigenvalue weighted by molar-refractivity contribution is 5.73. The molecule has 12 nitrogen and oxygen atoms in total. The highest BCUT2D eigenvalue weighted by Crippen LogP contribution is 2.40. The maximum Gasteiger partial charge on any atom is 0.490 e. The lowest BCUT2D eigenvalue weighted by Gasteiger charge is -2.23. The molecule has 0 atom stereocenters. The Morgan fingerprint density at radius 3 is 2.24 bits per heavy atom. The second-order valence-corrected chi connectivity index (χ2v) is 9.03. The molecule has 1 aliphatic heterocycles. The summed E-state index contributed by atoms with van der Waals surface area (Å²) in [6.07, 6.45) is -1.28. The number of aryl methyl sites for hydroxylation is 1. The summed E-state index contributed by atoms with van der Waals surface area (Å²) in [6, 6.07) is 5.45. The summed E-state index contributed by atoms with van der Waals surface area (Å²) in [5.74, 6) is 1.45. The Bertz CT molecular complexity index is 1300. The number of hydrogen-bond donors (Lipinski definition) is 3. The number of ether oxygens (including phenoxy) is 4. The van der Waals surface area contributed by atoms with Gasteiger partial charge in [-0.1, -0.05) is 0 Å². The average Bonchev–Trinajstić information content (AvgIpc) is 3.20. The lowest BCUT2D eigenvalue weighted by Crippen LogP contribution is -2.21. The van der Waals surface area contributed by atoms with E-state index in [1.807, 2.05) is 13.0 Å². The number of alkyl halides is 3. The van der Waals surface area contributed by atoms with Gasteiger partial charge in [0.2, 0.25) is 11.7 Å². The number of benzene rings is 1. The van der Waals surface area contributed by atoms with Crippen LogP contribution in [0.15, 0.2) is 24.4 Å². The van der Waals surface area contributed by atoms with Gasteiger partial charge in [-0.15, -0.1) is 0 Å². The fourth-order valence-electron chi connectivity index (χ4n) is 4.03. The topological polar surface area (TPSA) is 142 Å². The highest BCUT2D eigenvalue weighted by Gasteiger charge is 2.38. The third kappa shape index (κ3) is 8.36. The maximum absolute atomic E-state index is 10.6. The van der Waals surface area contributed by atoms with Gasteiger partial charge in [0.15, 0.2) is 11.5 Å². The number of carboxylic acids is 1. The van der Waals surface area contributed by atoms with Crippen molar-refractivity contribution >= 4 is 29.2 Å². The van der Waals surface area contributed by atoms with E-state index in [2.05, 4.69) is 32.2 Å². The zero-order valence-electron chi connectivity index (χ0n) is 23.3. The number of methoxy groups -OCH3 is 3. The van der Waals surface area contributed by atoms with E-state index in [0.29, 0.717) is 40.6 Å². The first kappa shape index (κ1) is 31.3. The Kier molecular flexibility index (Phi) is 10.6. The summed E-state index contributed by atoms with van der Waals surface area (Å²) >= 11 is 0. The number of carboxylic acid groups (broad SMARTS) is 1. The van der Waals surface area contributed by atoms with Crippen molar-refractivity contribution in [3.05, 3.63) is 35.7 Å². The van der Waals surface area contributed by atoms with Gasteiger partial charge in [0.1, 0.15) is 11.6 Å². The Labute approximate surface area is 234 Å². The van der Waals surface area contributed by atoms with Crippen LogP contribution in [-0.2, 0) is 16.1 Å². The third-order valence-corrected chi connectivity index (χ3v) is 6.26. The lowest BCUT2D eigenvalue weighted by atomic mass is 10.0. The van der Waals surface area contributed by atoms with Crippen LogP contribution in [0.1, 0.15) is 24.1 Å². The van der Waals surface area contributed by atoms with Crippen LogP contribution in [0.4, 0.5) is 36.4 Å². The number of anilines is 4. The van der Waals surface area contributed by atoms with Crippen molar-refractivity contribution in [2.45, 2.75) is 39.4 Å². The van der Waals surface area contributed by atoms with Crippen LogP contribution in [0.2, 0.25) is 0 Å². The van der Waals surface area contributed by atoms with Gasteiger partial charge in [0.05, 0.1) is 27.0 Å². The Morgan fingerprint density at radius 1 is 1.10 bits per heavy atom. The van der Waals surface area contributed by atoms with Gasteiger partial charge < -0.3 is 34.7 Å². The van der Waals surface area contributed by atoms with Gasteiger partial charge in [-0.05, 0) is 38.7 Å². The molecule has 1 saturated heterocycles. The van der Waals surface area contributed by atoms with E-state index in [1.165, 1.54) is 0 Å². The largest absolute Gasteiger partial charge is 0.493 e. The molecule has 224 valence electrons. The zero-order chi connectivity index (χ0) is 30.2. The number of aromatic nitrogens is 4. The molecule has 4 rings (SSSR count). The number of halogens is 3. The van der Waals surface area contributed by atoms with E-state index in [0.717, 1.165) is 49.7 Å². The van der Waals surface area contributed by atoms with Crippen molar-refractivity contribution in [2.75, 3.05) is 45.2 Å². The third-order valence-electron chi connectivity index (χ3n) is 6.26. The Balaban J connectivity index is 0.000000587. The number of nitrogens with one attached hydrogen (secondary N) is 2. The van der Waals surface area contributed by atoms with Gasteiger partial charge in [0.25, 0.3) is 0 Å². The zero-order valence-corrected chi connectivity index (χ0v) is 23.3. The number of carbonyl (C=O) groups is 1. The van der Waals surface area contributed by atoms with Gasteiger partial charge in [-0.25, -0.2) is 14.5 Å². The van der Waals surface area contributed by atoms with E-state index in [1.54, 1.807) is 39.7 Å². The molecule has 2 aromatic heterocycles. The molecule has 0 saturated carbocycles. The minimum atomic E-state index is -5.08. The molecule has 1 aromatic carbocycles. The van der Waals surface area contributed by atoms with E-state index in [4.69, 9.17) is 33.9 Å². The SMILES string of the molecule is COc1cc(Nc2nccc(Nc3c(C)c(C)nn3CC3CCOCC3)n2)cc(OC)c1OC.O=C(O)C(F)(F)F. The normalized spacial score (nSPS) is 13.6. The quantitative estimate of drug-likeness (QED) is 0.318. The van der Waals surface area contributed by atoms with Crippen LogP contribution >= 0.6 is 0 Å². The first-order valence-electron chi connectivity index (χ1n) is 12.6. The van der Waals surface area contributed by atoms with Crippen LogP contribution < -0.4 is 24.8 Å². The van der Waals surface area contributed by atoms with Gasteiger partial charge in [-0.2, -0.15) is 23.3 Å². The first-order valence-corrected chi connectivity index (χ1v) is 12.6. The molecule has 0 spiro atoms. The predicted octanol–water partition coefficient (Wildman–Crippen LogP) is 4.86. The van der Waals surface area contributed by atoms with Crippen LogP contribution in [0.5, 0.6) is 17.2 Å². The van der Waals surface area contributed by atoms with E-state index < -0.39 is 12.1 Å². The highest BCUT2D eigenvalue weighted by atomic mass is 19.4. The number of nitrogens with zero attached hydrogens (tertiary/aromatic N) is 4. The van der Waals surface area contributed by atoms with Crippen molar-refractivity contribution in [3.63, 3.8) is 0 Å². The van der Waals surface area contributed by atoms with Crippen molar-refractivity contribution in [1.82, 2.24) is 19.7 Å². The minimum absolute atomic E-state index is 0.434. The smallest absolute Gasteiger partial charge is 0.490 e. The standard InChI is InChI=1S/C24H32N6O4.C2HF3O2/c1-15-16(2)29-30(14-17-7-10-34-11-8-17)23(15)27-21-6-9-25-24(28-21)26-18-12-19(31-3)22(33-5)20(13-18)32-4;3-2(4,5)1(6)7/h6,9,12-13,17H,7-8,10-11,14H2,1-5H3,(H2,25,26,27,28);(H,6,7). The molecule has 41 heavy (non-hydrogen) atoms. The minimum Gasteiger partial charge on any atom is -0.493 e. The molecular formula is C26H33F3N6O6. The molecule has 1 aliphatic rings. The van der Waals surface area contributed by atoms with Crippen molar-refractivity contribution in [2.24, 2.45) is 5.92 Å². The molecule has 1 fully saturated rings. The van der Waals surface area contributed by atoms with Crippen molar-refractivity contribution in [3.8, 4) is 17.2 Å². The second kappa shape index (κ2) is 13.9. The molecular weight excluding hydrogens is 549 g/mol. The van der Waals surface area contributed by atoms with Crippen molar-refractivity contribution in [1.29, 1.82) is 0 Å². The predicted molar refractivity (Wildman–Crippen MR) is 144 cm³/mol. The summed E-state index contributed by atoms with van der Waals surface area (Å²) in [4.78, 5) is 17.9. The van der Waals surface area contributed by atoms with Crippen molar-refractivity contribution < 1.29 is 42.0 Å². The fraction of sp³-hybridized carbons (Fsp3) is 0.462. The molecule has 3 aromatic rings. The summed E-state index contributed by atoms with van der Waals surface area (Å²) in [5.41, 5.74) is 2.81. The monoisotopic (exact) mass is 582 g/mol. The maximum atomic E-state index is 10.6. The Hall–Kier alpha value is -4.27. The number of aliphatic carboxylic acids is 1. The molecule has 0 unspecified atom stereocenters. The number of hydrogen-bond acceptors (Lipinski definition) is 10. The van der Waals surface area contributed by atoms with Crippen LogP contribution in [0.3, 0.4) is 0 Å². The number of rotatable bonds is 9.